The first-order valence-corrected chi connectivity index (χ1v) is 7.77. The van der Waals surface area contributed by atoms with Gasteiger partial charge in [0.25, 0.3) is 0 Å². The highest BCUT2D eigenvalue weighted by Crippen LogP contribution is 2.38. The van der Waals surface area contributed by atoms with Crippen LogP contribution in [0.4, 0.5) is 0 Å². The van der Waals surface area contributed by atoms with Crippen LogP contribution in [0.3, 0.4) is 0 Å². The summed E-state index contributed by atoms with van der Waals surface area (Å²) < 4.78 is 0. The maximum absolute atomic E-state index is 8.77. The first kappa shape index (κ1) is 13.2. The highest BCUT2D eigenvalue weighted by atomic mass is 32.2. The van der Waals surface area contributed by atoms with Crippen LogP contribution < -0.4 is 5.32 Å². The largest absolute Gasteiger partial charge is 0.312 e. The van der Waals surface area contributed by atoms with E-state index in [0.29, 0.717) is 5.92 Å². The van der Waals surface area contributed by atoms with Gasteiger partial charge < -0.3 is 5.32 Å². The van der Waals surface area contributed by atoms with E-state index < -0.39 is 0 Å². The van der Waals surface area contributed by atoms with Crippen molar-refractivity contribution in [1.82, 2.24) is 5.32 Å². The summed E-state index contributed by atoms with van der Waals surface area (Å²) in [6, 6.07) is 18.6. The number of benzene rings is 2. The van der Waals surface area contributed by atoms with E-state index >= 15 is 0 Å². The van der Waals surface area contributed by atoms with Crippen LogP contribution in [0.5, 0.6) is 0 Å². The Kier molecular flexibility index (Phi) is 4.05. The van der Waals surface area contributed by atoms with E-state index in [1.165, 1.54) is 21.8 Å². The molecule has 2 nitrogen and oxygen atoms in total. The molecule has 0 saturated heterocycles. The van der Waals surface area contributed by atoms with Crippen molar-refractivity contribution >= 4 is 11.8 Å². The Hall–Kier alpha value is -1.76. The van der Waals surface area contributed by atoms with Gasteiger partial charge in [-0.05, 0) is 29.3 Å². The molecule has 1 unspecified atom stereocenters. The number of thioether (sulfide) groups is 1. The van der Waals surface area contributed by atoms with Crippen LogP contribution in [-0.4, -0.2) is 12.3 Å². The monoisotopic (exact) mass is 280 g/mol. The van der Waals surface area contributed by atoms with Gasteiger partial charge in [-0.3, -0.25) is 0 Å². The quantitative estimate of drug-likeness (QED) is 0.930. The molecule has 1 N–H and O–H groups in total. The lowest BCUT2D eigenvalue weighted by molar-refractivity contribution is 0.621. The highest BCUT2D eigenvalue weighted by molar-refractivity contribution is 7.99. The molecule has 1 aliphatic rings. The Labute approximate surface area is 123 Å². The second-order valence-corrected chi connectivity index (χ2v) is 6.05. The van der Waals surface area contributed by atoms with Crippen molar-refractivity contribution in [2.24, 2.45) is 0 Å². The van der Waals surface area contributed by atoms with E-state index in [1.54, 1.807) is 0 Å². The maximum atomic E-state index is 8.77. The van der Waals surface area contributed by atoms with Gasteiger partial charge in [-0.15, -0.1) is 11.8 Å². The molecule has 2 aromatic carbocycles. The van der Waals surface area contributed by atoms with E-state index in [0.717, 1.165) is 18.7 Å². The third kappa shape index (κ3) is 2.87. The van der Waals surface area contributed by atoms with Gasteiger partial charge in [0.15, 0.2) is 0 Å². The number of hydrogen-bond donors (Lipinski definition) is 1. The summed E-state index contributed by atoms with van der Waals surface area (Å²) in [7, 11) is 0. The molecule has 0 bridgehead atoms. The van der Waals surface area contributed by atoms with Crippen LogP contribution in [-0.2, 0) is 6.54 Å². The molecule has 3 rings (SSSR count). The van der Waals surface area contributed by atoms with Crippen molar-refractivity contribution in [1.29, 1.82) is 5.26 Å². The molecule has 3 heteroatoms. The molecule has 1 aliphatic heterocycles. The molecule has 0 aromatic heterocycles. The molecule has 1 atom stereocenters. The number of hydrogen-bond acceptors (Lipinski definition) is 3. The topological polar surface area (TPSA) is 35.8 Å². The normalized spacial score (nSPS) is 16.6. The fourth-order valence-corrected chi connectivity index (χ4v) is 3.74. The average Bonchev–Trinajstić information content (AvgIpc) is 2.92. The Morgan fingerprint density at radius 1 is 1.15 bits per heavy atom. The van der Waals surface area contributed by atoms with Gasteiger partial charge in [0.05, 0.1) is 11.6 Å². The Balaban J connectivity index is 1.55. The van der Waals surface area contributed by atoms with Gasteiger partial charge in [0.1, 0.15) is 0 Å². The minimum Gasteiger partial charge on any atom is -0.312 e. The first-order chi connectivity index (χ1) is 9.86. The zero-order chi connectivity index (χ0) is 13.8. The van der Waals surface area contributed by atoms with E-state index in [4.69, 9.17) is 5.26 Å². The van der Waals surface area contributed by atoms with E-state index in [1.807, 2.05) is 36.0 Å². The van der Waals surface area contributed by atoms with Crippen LogP contribution in [0.2, 0.25) is 0 Å². The number of fused-ring (bicyclic) bond motifs is 1. The van der Waals surface area contributed by atoms with Gasteiger partial charge in [0, 0.05) is 29.7 Å². The lowest BCUT2D eigenvalue weighted by Crippen LogP contribution is -2.21. The summed E-state index contributed by atoms with van der Waals surface area (Å²) in [6.45, 7) is 1.86. The number of nitrogens with one attached hydrogen (secondary N) is 1. The highest BCUT2D eigenvalue weighted by Gasteiger charge is 2.21. The third-order valence-electron chi connectivity index (χ3n) is 3.60. The van der Waals surface area contributed by atoms with Crippen molar-refractivity contribution in [3.8, 4) is 6.07 Å². The van der Waals surface area contributed by atoms with Crippen molar-refractivity contribution in [2.45, 2.75) is 17.4 Å². The van der Waals surface area contributed by atoms with Crippen LogP contribution in [0.25, 0.3) is 0 Å². The predicted octanol–water partition coefficient (Wildman–Crippen LogP) is 3.54. The van der Waals surface area contributed by atoms with Crippen LogP contribution in [0.1, 0.15) is 22.6 Å². The SMILES string of the molecule is N#Cc1ccc(CNCC2CSc3ccccc32)cc1. The Morgan fingerprint density at radius 2 is 1.95 bits per heavy atom. The van der Waals surface area contributed by atoms with Crippen LogP contribution >= 0.6 is 11.8 Å². The summed E-state index contributed by atoms with van der Waals surface area (Å²) in [5.74, 6) is 1.77. The number of nitriles is 1. The Morgan fingerprint density at radius 3 is 2.75 bits per heavy atom. The second kappa shape index (κ2) is 6.13. The second-order valence-electron chi connectivity index (χ2n) is 4.99. The van der Waals surface area contributed by atoms with E-state index in [-0.39, 0.29) is 0 Å². The zero-order valence-electron chi connectivity index (χ0n) is 11.2. The molecular formula is C17H16N2S. The van der Waals surface area contributed by atoms with Crippen molar-refractivity contribution in [3.05, 3.63) is 65.2 Å². The van der Waals surface area contributed by atoms with E-state index in [2.05, 4.69) is 35.7 Å². The fourth-order valence-electron chi connectivity index (χ4n) is 2.49. The van der Waals surface area contributed by atoms with Gasteiger partial charge in [-0.2, -0.15) is 5.26 Å². The lowest BCUT2D eigenvalue weighted by atomic mass is 10.0. The van der Waals surface area contributed by atoms with Gasteiger partial charge in [0.2, 0.25) is 0 Å². The molecule has 0 saturated carbocycles. The minimum absolute atomic E-state index is 0.606. The molecular weight excluding hydrogens is 264 g/mol. The summed E-state index contributed by atoms with van der Waals surface area (Å²) in [5.41, 5.74) is 3.42. The minimum atomic E-state index is 0.606. The van der Waals surface area contributed by atoms with Crippen LogP contribution in [0, 0.1) is 11.3 Å². The first-order valence-electron chi connectivity index (χ1n) is 6.78. The standard InChI is InChI=1S/C17H16N2S/c18-9-13-5-7-14(8-6-13)10-19-11-15-12-20-17-4-2-1-3-16(15)17/h1-8,15,19H,10-12H2. The third-order valence-corrected chi connectivity index (χ3v) is 4.85. The number of nitrogens with zero attached hydrogens (tertiary/aromatic N) is 1. The van der Waals surface area contributed by atoms with E-state index in [9.17, 15) is 0 Å². The summed E-state index contributed by atoms with van der Waals surface area (Å²) in [4.78, 5) is 1.43. The van der Waals surface area contributed by atoms with Crippen molar-refractivity contribution in [3.63, 3.8) is 0 Å². The molecule has 0 radical (unpaired) electrons. The fraction of sp³-hybridized carbons (Fsp3) is 0.235. The molecule has 0 fully saturated rings. The van der Waals surface area contributed by atoms with Gasteiger partial charge in [-0.25, -0.2) is 0 Å². The molecule has 100 valence electrons. The molecule has 1 heterocycles. The molecule has 0 spiro atoms. The van der Waals surface area contributed by atoms with Crippen molar-refractivity contribution in [2.75, 3.05) is 12.3 Å². The lowest BCUT2D eigenvalue weighted by Gasteiger charge is -2.12. The summed E-state index contributed by atoms with van der Waals surface area (Å²) >= 11 is 1.95. The van der Waals surface area contributed by atoms with Crippen molar-refractivity contribution < 1.29 is 0 Å². The van der Waals surface area contributed by atoms with Gasteiger partial charge in [-0.1, -0.05) is 30.3 Å². The number of rotatable bonds is 4. The maximum Gasteiger partial charge on any atom is 0.0991 e. The molecule has 2 aromatic rings. The molecule has 0 aliphatic carbocycles. The molecule has 20 heavy (non-hydrogen) atoms. The summed E-state index contributed by atoms with van der Waals surface area (Å²) in [5, 5.41) is 12.3. The smallest absolute Gasteiger partial charge is 0.0991 e. The summed E-state index contributed by atoms with van der Waals surface area (Å²) in [6.07, 6.45) is 0. The predicted molar refractivity (Wildman–Crippen MR) is 82.8 cm³/mol. The zero-order valence-corrected chi connectivity index (χ0v) is 12.0. The molecule has 0 amide bonds. The Bertz CT molecular complexity index is 628. The van der Waals surface area contributed by atoms with Crippen LogP contribution in [0.15, 0.2) is 53.4 Å². The average molecular weight is 280 g/mol. The van der Waals surface area contributed by atoms with Gasteiger partial charge >= 0.3 is 0 Å².